The van der Waals surface area contributed by atoms with Gasteiger partial charge in [-0.3, -0.25) is 9.88 Å². The highest BCUT2D eigenvalue weighted by Gasteiger charge is 2.32. The predicted molar refractivity (Wildman–Crippen MR) is 68.0 cm³/mol. The zero-order valence-corrected chi connectivity index (χ0v) is 10.5. The SMILES string of the molecule is C[C@H]1NC(=O)[C@H](NP)C[C@H]1c1ccccc1. The van der Waals surface area contributed by atoms with E-state index in [1.807, 2.05) is 18.2 Å². The van der Waals surface area contributed by atoms with Crippen molar-refractivity contribution in [2.75, 3.05) is 0 Å². The summed E-state index contributed by atoms with van der Waals surface area (Å²) < 4.78 is 0. The molecular weight excluding hydrogens is 219 g/mol. The van der Waals surface area contributed by atoms with Gasteiger partial charge in [0.05, 0.1) is 6.04 Å². The van der Waals surface area contributed by atoms with Gasteiger partial charge in [0, 0.05) is 12.0 Å². The first-order chi connectivity index (χ1) is 7.72. The molecule has 0 saturated carbocycles. The van der Waals surface area contributed by atoms with Gasteiger partial charge in [-0.25, -0.2) is 0 Å². The Hall–Kier alpha value is -0.920. The number of rotatable bonds is 2. The van der Waals surface area contributed by atoms with Crippen LogP contribution in [0, 0.1) is 0 Å². The van der Waals surface area contributed by atoms with Gasteiger partial charge in [-0.2, -0.15) is 0 Å². The Kier molecular flexibility index (Phi) is 3.57. The normalized spacial score (nSPS) is 29.9. The Morgan fingerprint density at radius 3 is 2.69 bits per heavy atom. The molecule has 4 atom stereocenters. The maximum Gasteiger partial charge on any atom is 0.237 e. The summed E-state index contributed by atoms with van der Waals surface area (Å²) in [6, 6.07) is 10.4. The molecule has 1 aromatic rings. The summed E-state index contributed by atoms with van der Waals surface area (Å²) in [5.41, 5.74) is 1.29. The summed E-state index contributed by atoms with van der Waals surface area (Å²) in [7, 11) is 2.42. The molecule has 1 aromatic carbocycles. The molecule has 2 N–H and O–H groups in total. The Labute approximate surface area is 98.3 Å². The lowest BCUT2D eigenvalue weighted by atomic mass is 9.83. The van der Waals surface area contributed by atoms with E-state index in [4.69, 9.17) is 0 Å². The highest BCUT2D eigenvalue weighted by Crippen LogP contribution is 2.28. The van der Waals surface area contributed by atoms with Crippen LogP contribution in [-0.4, -0.2) is 18.0 Å². The van der Waals surface area contributed by atoms with Crippen molar-refractivity contribution >= 4 is 15.3 Å². The molecule has 0 aromatic heterocycles. The second kappa shape index (κ2) is 4.94. The van der Waals surface area contributed by atoms with Crippen molar-refractivity contribution in [1.29, 1.82) is 0 Å². The highest BCUT2D eigenvalue weighted by atomic mass is 31.0. The Morgan fingerprint density at radius 1 is 1.38 bits per heavy atom. The zero-order chi connectivity index (χ0) is 11.5. The van der Waals surface area contributed by atoms with Crippen LogP contribution in [0.15, 0.2) is 30.3 Å². The maximum absolute atomic E-state index is 11.6. The quantitative estimate of drug-likeness (QED) is 0.763. The summed E-state index contributed by atoms with van der Waals surface area (Å²) in [5, 5.41) is 5.99. The third-order valence-corrected chi connectivity index (χ3v) is 3.61. The molecule has 1 heterocycles. The number of hydrogen-bond acceptors (Lipinski definition) is 2. The van der Waals surface area contributed by atoms with Crippen molar-refractivity contribution in [3.8, 4) is 0 Å². The van der Waals surface area contributed by atoms with Gasteiger partial charge < -0.3 is 5.32 Å². The molecule has 1 aliphatic heterocycles. The molecule has 0 spiro atoms. The molecule has 4 heteroatoms. The number of benzene rings is 1. The summed E-state index contributed by atoms with van der Waals surface area (Å²) >= 11 is 0. The summed E-state index contributed by atoms with van der Waals surface area (Å²) in [4.78, 5) is 11.6. The topological polar surface area (TPSA) is 41.1 Å². The van der Waals surface area contributed by atoms with Gasteiger partial charge in [0.25, 0.3) is 0 Å². The van der Waals surface area contributed by atoms with Crippen LogP contribution in [0.25, 0.3) is 0 Å². The van der Waals surface area contributed by atoms with E-state index in [0.717, 1.165) is 6.42 Å². The molecule has 0 aliphatic carbocycles. The molecule has 0 radical (unpaired) electrons. The molecule has 1 saturated heterocycles. The van der Waals surface area contributed by atoms with Crippen LogP contribution in [0.5, 0.6) is 0 Å². The standard InChI is InChI=1S/C12H17N2OP/c1-8-10(9-5-3-2-4-6-9)7-11(14-16)12(15)13-8/h2-6,8,10-11,14H,7,16H2,1H3,(H,13,15)/t8-,10-,11-/m1/s1. The number of carbonyl (C=O) groups excluding carboxylic acids is 1. The minimum absolute atomic E-state index is 0.0923. The van der Waals surface area contributed by atoms with Crippen LogP contribution in [0.2, 0.25) is 0 Å². The fraction of sp³-hybridized carbons (Fsp3) is 0.417. The van der Waals surface area contributed by atoms with Gasteiger partial charge in [-0.1, -0.05) is 39.7 Å². The van der Waals surface area contributed by atoms with Gasteiger partial charge in [-0.05, 0) is 18.9 Å². The summed E-state index contributed by atoms with van der Waals surface area (Å²) in [6.07, 6.45) is 0.848. The van der Waals surface area contributed by atoms with Crippen molar-refractivity contribution in [1.82, 2.24) is 10.4 Å². The molecule has 1 unspecified atom stereocenters. The molecule has 86 valence electrons. The maximum atomic E-state index is 11.6. The smallest absolute Gasteiger partial charge is 0.237 e. The molecule has 1 aliphatic rings. The molecule has 1 fully saturated rings. The van der Waals surface area contributed by atoms with E-state index in [1.54, 1.807) is 0 Å². The predicted octanol–water partition coefficient (Wildman–Crippen LogP) is 1.43. The lowest BCUT2D eigenvalue weighted by Crippen LogP contribution is -2.52. The van der Waals surface area contributed by atoms with Gasteiger partial charge in [0.15, 0.2) is 0 Å². The first-order valence-corrected chi connectivity index (χ1v) is 6.11. The van der Waals surface area contributed by atoms with E-state index in [2.05, 4.69) is 38.9 Å². The van der Waals surface area contributed by atoms with Gasteiger partial charge in [0.1, 0.15) is 0 Å². The largest absolute Gasteiger partial charge is 0.352 e. The first kappa shape index (κ1) is 11.6. The van der Waals surface area contributed by atoms with Crippen molar-refractivity contribution in [2.24, 2.45) is 0 Å². The lowest BCUT2D eigenvalue weighted by molar-refractivity contribution is -0.125. The van der Waals surface area contributed by atoms with Gasteiger partial charge >= 0.3 is 0 Å². The Morgan fingerprint density at radius 2 is 2.06 bits per heavy atom. The molecule has 3 nitrogen and oxygen atoms in total. The van der Waals surface area contributed by atoms with Crippen molar-refractivity contribution < 1.29 is 4.79 Å². The molecule has 0 bridgehead atoms. The van der Waals surface area contributed by atoms with E-state index in [0.29, 0.717) is 5.92 Å². The van der Waals surface area contributed by atoms with Crippen molar-refractivity contribution in [3.05, 3.63) is 35.9 Å². The van der Waals surface area contributed by atoms with E-state index in [-0.39, 0.29) is 18.0 Å². The average molecular weight is 236 g/mol. The average Bonchev–Trinajstić information content (AvgIpc) is 2.30. The van der Waals surface area contributed by atoms with Crippen LogP contribution >= 0.6 is 9.39 Å². The second-order valence-electron chi connectivity index (χ2n) is 4.27. The van der Waals surface area contributed by atoms with E-state index in [9.17, 15) is 4.79 Å². The minimum atomic E-state index is -0.105. The van der Waals surface area contributed by atoms with Gasteiger partial charge in [0.2, 0.25) is 5.91 Å². The van der Waals surface area contributed by atoms with Crippen molar-refractivity contribution in [3.63, 3.8) is 0 Å². The Balaban J connectivity index is 2.18. The first-order valence-electron chi connectivity index (χ1n) is 5.54. The van der Waals surface area contributed by atoms with Crippen LogP contribution in [0.4, 0.5) is 0 Å². The monoisotopic (exact) mass is 236 g/mol. The van der Waals surface area contributed by atoms with Crippen LogP contribution < -0.4 is 10.4 Å². The zero-order valence-electron chi connectivity index (χ0n) is 9.31. The summed E-state index contributed by atoms with van der Waals surface area (Å²) in [5.74, 6) is 0.478. The molecule has 2 rings (SSSR count). The van der Waals surface area contributed by atoms with Crippen molar-refractivity contribution in [2.45, 2.75) is 31.3 Å². The number of amides is 1. The fourth-order valence-corrected chi connectivity index (χ4v) is 2.55. The molecular formula is C12H17N2OP. The lowest BCUT2D eigenvalue weighted by Gasteiger charge is -2.34. The fourth-order valence-electron chi connectivity index (χ4n) is 2.26. The third kappa shape index (κ3) is 2.26. The van der Waals surface area contributed by atoms with E-state index in [1.165, 1.54) is 5.56 Å². The van der Waals surface area contributed by atoms with Gasteiger partial charge in [-0.15, -0.1) is 0 Å². The molecule has 16 heavy (non-hydrogen) atoms. The highest BCUT2D eigenvalue weighted by molar-refractivity contribution is 7.13. The van der Waals surface area contributed by atoms with Crippen LogP contribution in [-0.2, 0) is 4.79 Å². The number of piperidine rings is 1. The van der Waals surface area contributed by atoms with E-state index < -0.39 is 0 Å². The van der Waals surface area contributed by atoms with Crippen LogP contribution in [0.1, 0.15) is 24.8 Å². The Bertz CT molecular complexity index is 369. The number of nitrogens with one attached hydrogen (secondary N) is 2. The van der Waals surface area contributed by atoms with E-state index >= 15 is 0 Å². The van der Waals surface area contributed by atoms with Crippen LogP contribution in [0.3, 0.4) is 0 Å². The summed E-state index contributed by atoms with van der Waals surface area (Å²) in [6.45, 7) is 2.06. The third-order valence-electron chi connectivity index (χ3n) is 3.21. The number of hydrogen-bond donors (Lipinski definition) is 2. The number of carbonyl (C=O) groups is 1. The molecule has 1 amide bonds. The second-order valence-corrected chi connectivity index (χ2v) is 4.60. The minimum Gasteiger partial charge on any atom is -0.352 e.